The first-order valence-electron chi connectivity index (χ1n) is 9.41. The van der Waals surface area contributed by atoms with Gasteiger partial charge >= 0.3 is 0 Å². The van der Waals surface area contributed by atoms with Gasteiger partial charge in [0.15, 0.2) is 0 Å². The molecule has 0 saturated heterocycles. The van der Waals surface area contributed by atoms with Crippen LogP contribution in [0.3, 0.4) is 0 Å². The second-order valence-electron chi connectivity index (χ2n) is 6.64. The number of benzene rings is 4. The summed E-state index contributed by atoms with van der Waals surface area (Å²) in [6.07, 6.45) is 0. The minimum atomic E-state index is 0.830. The first kappa shape index (κ1) is 20.6. The van der Waals surface area contributed by atoms with Gasteiger partial charge < -0.3 is 9.47 Å². The Bertz CT molecular complexity index is 950. The normalized spacial score (nSPS) is 9.90. The maximum absolute atomic E-state index is 5.65. The molecule has 0 amide bonds. The quantitative estimate of drug-likeness (QED) is 0.351. The summed E-state index contributed by atoms with van der Waals surface area (Å²) in [6.45, 7) is 4.12. The fourth-order valence-corrected chi connectivity index (χ4v) is 2.64. The summed E-state index contributed by atoms with van der Waals surface area (Å²) in [7, 11) is 0. The van der Waals surface area contributed by atoms with Gasteiger partial charge in [0.2, 0.25) is 0 Å². The van der Waals surface area contributed by atoms with Crippen LogP contribution in [0.25, 0.3) is 0 Å². The van der Waals surface area contributed by atoms with Gasteiger partial charge in [-0.25, -0.2) is 0 Å². The molecule has 0 heterocycles. The zero-order valence-electron chi connectivity index (χ0n) is 16.6. The van der Waals surface area contributed by atoms with Crippen LogP contribution in [-0.4, -0.2) is 0 Å². The highest BCUT2D eigenvalue weighted by molar-refractivity contribution is 7.80. The molecule has 0 atom stereocenters. The predicted octanol–water partition coefficient (Wildman–Crippen LogP) is 7.86. The molecule has 0 spiro atoms. The van der Waals surface area contributed by atoms with Crippen molar-refractivity contribution in [1.82, 2.24) is 0 Å². The van der Waals surface area contributed by atoms with Gasteiger partial charge in [-0.3, -0.25) is 0 Å². The predicted molar refractivity (Wildman–Crippen MR) is 123 cm³/mol. The number of thiol groups is 1. The third kappa shape index (κ3) is 7.05. The van der Waals surface area contributed by atoms with Crippen LogP contribution in [0.4, 0.5) is 0 Å². The summed E-state index contributed by atoms with van der Waals surface area (Å²) in [5, 5.41) is 0. The summed E-state index contributed by atoms with van der Waals surface area (Å²) in [4.78, 5) is 0.936. The molecular weight excluding hydrogens is 376 g/mol. The summed E-state index contributed by atoms with van der Waals surface area (Å²) in [5.74, 6) is 3.43. The van der Waals surface area contributed by atoms with Crippen LogP contribution in [0.1, 0.15) is 11.1 Å². The van der Waals surface area contributed by atoms with Gasteiger partial charge in [-0.1, -0.05) is 53.6 Å². The standard InChI is InChI=1S/C13H12OS.C13H12O/c1-10-2-4-11(5-3-10)14-12-6-8-13(15)9-7-12;1-11-7-9-13(10-8-11)14-12-5-3-2-4-6-12/h2-9,15H,1H3;2-10H,1H3. The van der Waals surface area contributed by atoms with Crippen molar-refractivity contribution >= 4 is 12.6 Å². The molecule has 0 N–H and O–H groups in total. The van der Waals surface area contributed by atoms with E-state index in [-0.39, 0.29) is 0 Å². The first-order valence-corrected chi connectivity index (χ1v) is 9.86. The molecule has 0 aliphatic carbocycles. The van der Waals surface area contributed by atoms with E-state index < -0.39 is 0 Å². The lowest BCUT2D eigenvalue weighted by Gasteiger charge is -2.05. The van der Waals surface area contributed by atoms with Crippen LogP contribution < -0.4 is 9.47 Å². The largest absolute Gasteiger partial charge is 0.457 e. The number of ether oxygens (including phenoxy) is 2. The molecular formula is C26H24O2S. The highest BCUT2D eigenvalue weighted by atomic mass is 32.1. The average Bonchev–Trinajstić information content (AvgIpc) is 2.74. The van der Waals surface area contributed by atoms with Crippen molar-refractivity contribution in [2.75, 3.05) is 0 Å². The molecule has 0 aliphatic rings. The van der Waals surface area contributed by atoms with Gasteiger partial charge in [-0.15, -0.1) is 12.6 Å². The first-order chi connectivity index (χ1) is 14.1. The Morgan fingerprint density at radius 1 is 0.448 bits per heavy atom. The van der Waals surface area contributed by atoms with Crippen molar-refractivity contribution in [1.29, 1.82) is 0 Å². The van der Waals surface area contributed by atoms with Gasteiger partial charge in [0, 0.05) is 4.90 Å². The SMILES string of the molecule is Cc1ccc(Oc2ccc(S)cc2)cc1.Cc1ccc(Oc2ccccc2)cc1. The molecule has 0 aliphatic heterocycles. The van der Waals surface area contributed by atoms with Crippen molar-refractivity contribution in [3.05, 3.63) is 114 Å². The molecule has 29 heavy (non-hydrogen) atoms. The molecule has 3 heteroatoms. The molecule has 4 rings (SSSR count). The molecule has 0 fully saturated rings. The Hall–Kier alpha value is -3.17. The van der Waals surface area contributed by atoms with Crippen molar-refractivity contribution in [2.45, 2.75) is 18.7 Å². The van der Waals surface area contributed by atoms with Gasteiger partial charge in [0.25, 0.3) is 0 Å². The lowest BCUT2D eigenvalue weighted by molar-refractivity contribution is 0.482. The Balaban J connectivity index is 0.000000166. The number of para-hydroxylation sites is 1. The van der Waals surface area contributed by atoms with Crippen LogP contribution in [0.5, 0.6) is 23.0 Å². The Kier molecular flexibility index (Phi) is 7.37. The van der Waals surface area contributed by atoms with Crippen LogP contribution in [0.15, 0.2) is 108 Å². The zero-order chi connectivity index (χ0) is 20.5. The van der Waals surface area contributed by atoms with E-state index in [1.54, 1.807) is 0 Å². The fraction of sp³-hybridized carbons (Fsp3) is 0.0769. The van der Waals surface area contributed by atoms with Crippen molar-refractivity contribution in [3.8, 4) is 23.0 Å². The minimum absolute atomic E-state index is 0.830. The van der Waals surface area contributed by atoms with Gasteiger partial charge in [-0.05, 0) is 74.5 Å². The smallest absolute Gasteiger partial charge is 0.127 e. The molecule has 0 bridgehead atoms. The molecule has 4 aromatic carbocycles. The molecule has 0 unspecified atom stereocenters. The summed E-state index contributed by atoms with van der Waals surface area (Å²) >= 11 is 4.22. The van der Waals surface area contributed by atoms with Crippen molar-refractivity contribution in [2.24, 2.45) is 0 Å². The third-order valence-electron chi connectivity index (χ3n) is 4.09. The van der Waals surface area contributed by atoms with Gasteiger partial charge in [0.1, 0.15) is 23.0 Å². The second kappa shape index (κ2) is 10.4. The zero-order valence-corrected chi connectivity index (χ0v) is 17.5. The Morgan fingerprint density at radius 3 is 1.21 bits per heavy atom. The van der Waals surface area contributed by atoms with E-state index in [1.807, 2.05) is 103 Å². The molecule has 0 saturated carbocycles. The van der Waals surface area contributed by atoms with Crippen molar-refractivity contribution < 1.29 is 9.47 Å². The van der Waals surface area contributed by atoms with E-state index >= 15 is 0 Å². The number of aryl methyl sites for hydroxylation is 2. The lowest BCUT2D eigenvalue weighted by Crippen LogP contribution is -1.83. The maximum Gasteiger partial charge on any atom is 0.127 e. The average molecular weight is 401 g/mol. The topological polar surface area (TPSA) is 18.5 Å². The molecule has 2 nitrogen and oxygen atoms in total. The second-order valence-corrected chi connectivity index (χ2v) is 7.15. The van der Waals surface area contributed by atoms with Crippen LogP contribution in [-0.2, 0) is 0 Å². The fourth-order valence-electron chi connectivity index (χ4n) is 2.49. The van der Waals surface area contributed by atoms with Crippen LogP contribution >= 0.6 is 12.6 Å². The van der Waals surface area contributed by atoms with E-state index in [2.05, 4.69) is 26.5 Å². The Morgan fingerprint density at radius 2 is 0.793 bits per heavy atom. The van der Waals surface area contributed by atoms with E-state index in [4.69, 9.17) is 9.47 Å². The number of hydrogen-bond donors (Lipinski definition) is 1. The molecule has 4 aromatic rings. The summed E-state index contributed by atoms with van der Waals surface area (Å²) in [5.41, 5.74) is 2.47. The minimum Gasteiger partial charge on any atom is -0.457 e. The van der Waals surface area contributed by atoms with Crippen molar-refractivity contribution in [3.63, 3.8) is 0 Å². The lowest BCUT2D eigenvalue weighted by atomic mass is 10.2. The highest BCUT2D eigenvalue weighted by Crippen LogP contribution is 2.23. The Labute approximate surface area is 178 Å². The number of rotatable bonds is 4. The highest BCUT2D eigenvalue weighted by Gasteiger charge is 1.96. The monoisotopic (exact) mass is 400 g/mol. The van der Waals surface area contributed by atoms with E-state index in [9.17, 15) is 0 Å². The van der Waals surface area contributed by atoms with Crippen LogP contribution in [0, 0.1) is 13.8 Å². The molecule has 0 radical (unpaired) electrons. The third-order valence-corrected chi connectivity index (χ3v) is 4.39. The summed E-state index contributed by atoms with van der Waals surface area (Å²) < 4.78 is 11.3. The van der Waals surface area contributed by atoms with E-state index in [0.29, 0.717) is 0 Å². The number of hydrogen-bond acceptors (Lipinski definition) is 3. The molecule has 146 valence electrons. The summed E-state index contributed by atoms with van der Waals surface area (Å²) in [6, 6.07) is 33.4. The van der Waals surface area contributed by atoms with E-state index in [1.165, 1.54) is 11.1 Å². The molecule has 0 aromatic heterocycles. The van der Waals surface area contributed by atoms with E-state index in [0.717, 1.165) is 27.9 Å². The van der Waals surface area contributed by atoms with Crippen LogP contribution in [0.2, 0.25) is 0 Å². The van der Waals surface area contributed by atoms with Gasteiger partial charge in [-0.2, -0.15) is 0 Å². The maximum atomic E-state index is 5.65. The van der Waals surface area contributed by atoms with Gasteiger partial charge in [0.05, 0.1) is 0 Å².